The average molecular weight is 710 g/mol. The van der Waals surface area contributed by atoms with Crippen molar-refractivity contribution in [3.8, 4) is 67.5 Å². The van der Waals surface area contributed by atoms with Gasteiger partial charge in [0.1, 0.15) is 0 Å². The maximum atomic E-state index is 5.30. The zero-order valence-corrected chi connectivity index (χ0v) is 31.5. The maximum Gasteiger partial charge on any atom is 0.164 e. The highest BCUT2D eigenvalue weighted by Crippen LogP contribution is 2.69. The van der Waals surface area contributed by atoms with Crippen LogP contribution >= 0.6 is 0 Å². The Morgan fingerprint density at radius 2 is 0.927 bits per heavy atom. The quantitative estimate of drug-likeness (QED) is 0.183. The molecule has 4 bridgehead atoms. The highest BCUT2D eigenvalue weighted by atomic mass is 15.0. The van der Waals surface area contributed by atoms with Crippen molar-refractivity contribution in [3.63, 3.8) is 0 Å². The van der Waals surface area contributed by atoms with Crippen LogP contribution in [0.3, 0.4) is 0 Å². The van der Waals surface area contributed by atoms with Crippen molar-refractivity contribution >= 4 is 0 Å². The van der Waals surface area contributed by atoms with Gasteiger partial charge in [-0.3, -0.25) is 0 Å². The number of benzene rings is 6. The van der Waals surface area contributed by atoms with Crippen molar-refractivity contribution in [2.24, 2.45) is 23.7 Å². The van der Waals surface area contributed by atoms with Gasteiger partial charge in [0.2, 0.25) is 0 Å². The van der Waals surface area contributed by atoms with Gasteiger partial charge in [-0.1, -0.05) is 141 Å². The zero-order valence-electron chi connectivity index (χ0n) is 31.5. The number of rotatable bonds is 4. The third-order valence-corrected chi connectivity index (χ3v) is 14.5. The second kappa shape index (κ2) is 11.4. The van der Waals surface area contributed by atoms with Gasteiger partial charge in [-0.25, -0.2) is 15.0 Å². The molecule has 6 aliphatic rings. The molecule has 55 heavy (non-hydrogen) atoms. The van der Waals surface area contributed by atoms with Crippen molar-refractivity contribution < 1.29 is 0 Å². The predicted octanol–water partition coefficient (Wildman–Crippen LogP) is 12.6. The molecular weight excluding hydrogens is 667 g/mol. The van der Waals surface area contributed by atoms with E-state index in [4.69, 9.17) is 15.0 Å². The fourth-order valence-corrected chi connectivity index (χ4v) is 12.5. The smallest absolute Gasteiger partial charge is 0.164 e. The topological polar surface area (TPSA) is 38.7 Å². The summed E-state index contributed by atoms with van der Waals surface area (Å²) in [4.78, 5) is 15.7. The Hall–Kier alpha value is -5.67. The number of nitrogens with zero attached hydrogens (tertiary/aromatic N) is 3. The Labute approximate surface area is 323 Å². The second-order valence-electron chi connectivity index (χ2n) is 17.6. The third-order valence-electron chi connectivity index (χ3n) is 14.5. The number of hydrogen-bond acceptors (Lipinski definition) is 3. The third kappa shape index (κ3) is 4.41. The van der Waals surface area contributed by atoms with E-state index in [0.29, 0.717) is 11.6 Å². The summed E-state index contributed by atoms with van der Waals surface area (Å²) in [7, 11) is 0. The molecule has 6 aromatic carbocycles. The van der Waals surface area contributed by atoms with E-state index in [1.165, 1.54) is 76.6 Å². The molecule has 3 nitrogen and oxygen atoms in total. The SMILES string of the molecule is CC1(C)c2ccccc2-c2c(-c3cccc(-c4nc(-c5ccccc5)nc(-c5ccc6c(c5)-c5ccccc5C65C6CC7CC(C6)CC5C7)n4)c3)cccc21. The largest absolute Gasteiger partial charge is 0.208 e. The normalized spacial score (nSPS) is 24.4. The molecule has 1 heterocycles. The van der Waals surface area contributed by atoms with Crippen LogP contribution in [0.15, 0.2) is 140 Å². The molecule has 6 aliphatic carbocycles. The highest BCUT2D eigenvalue weighted by molar-refractivity contribution is 5.93. The molecule has 4 saturated carbocycles. The minimum atomic E-state index is -0.0562. The summed E-state index contributed by atoms with van der Waals surface area (Å²) < 4.78 is 0. The van der Waals surface area contributed by atoms with Gasteiger partial charge in [0.05, 0.1) is 0 Å². The monoisotopic (exact) mass is 709 g/mol. The first-order valence-electron chi connectivity index (χ1n) is 20.4. The summed E-state index contributed by atoms with van der Waals surface area (Å²) in [6, 6.07) is 51.4. The van der Waals surface area contributed by atoms with Crippen molar-refractivity contribution in [1.29, 1.82) is 0 Å². The number of hydrogen-bond donors (Lipinski definition) is 0. The summed E-state index contributed by atoms with van der Waals surface area (Å²) in [6.07, 6.45) is 7.00. The van der Waals surface area contributed by atoms with E-state index in [1.807, 2.05) is 6.07 Å². The van der Waals surface area contributed by atoms with Gasteiger partial charge >= 0.3 is 0 Å². The molecule has 0 amide bonds. The maximum absolute atomic E-state index is 5.30. The first kappa shape index (κ1) is 31.7. The summed E-state index contributed by atoms with van der Waals surface area (Å²) in [5.74, 6) is 5.43. The predicted molar refractivity (Wildman–Crippen MR) is 222 cm³/mol. The van der Waals surface area contributed by atoms with Crippen molar-refractivity contribution in [2.75, 3.05) is 0 Å². The van der Waals surface area contributed by atoms with Crippen LogP contribution in [0.25, 0.3) is 67.5 Å². The molecule has 3 heteroatoms. The molecule has 7 aromatic rings. The van der Waals surface area contributed by atoms with E-state index < -0.39 is 0 Å². The Balaban J connectivity index is 1.01. The van der Waals surface area contributed by atoms with Gasteiger partial charge in [0.25, 0.3) is 0 Å². The van der Waals surface area contributed by atoms with E-state index in [1.54, 1.807) is 11.1 Å². The van der Waals surface area contributed by atoms with E-state index in [2.05, 4.69) is 147 Å². The van der Waals surface area contributed by atoms with Crippen LogP contribution in [0.2, 0.25) is 0 Å². The molecule has 0 radical (unpaired) electrons. The van der Waals surface area contributed by atoms with Gasteiger partial charge < -0.3 is 0 Å². The summed E-state index contributed by atoms with van der Waals surface area (Å²) in [5, 5.41) is 0. The highest BCUT2D eigenvalue weighted by Gasteiger charge is 2.61. The lowest BCUT2D eigenvalue weighted by molar-refractivity contribution is -0.0399. The number of aromatic nitrogens is 3. The lowest BCUT2D eigenvalue weighted by Crippen LogP contribution is -2.55. The van der Waals surface area contributed by atoms with Gasteiger partial charge in [0, 0.05) is 27.5 Å². The first-order valence-corrected chi connectivity index (χ1v) is 20.4. The van der Waals surface area contributed by atoms with E-state index in [9.17, 15) is 0 Å². The van der Waals surface area contributed by atoms with Crippen molar-refractivity contribution in [2.45, 2.75) is 56.8 Å². The standard InChI is InChI=1S/C52H43N3/c1-51(2)43-19-8-7-17-41(43)47-39(18-11-21-46(47)51)34-14-10-15-35(29-34)49-53-48(33-12-4-3-5-13-33)54-50(55-49)36-22-23-45-42(30-36)40-16-6-9-20-44(40)52(45)37-25-31-24-32(27-37)28-38(52)26-31/h3-23,29-32,37-38H,24-28H2,1-2H3. The van der Waals surface area contributed by atoms with E-state index >= 15 is 0 Å². The fourth-order valence-electron chi connectivity index (χ4n) is 12.5. The number of fused-ring (bicyclic) bond motifs is 6. The molecule has 0 aliphatic heterocycles. The minimum absolute atomic E-state index is 0.0562. The molecule has 13 rings (SSSR count). The van der Waals surface area contributed by atoms with E-state index in [-0.39, 0.29) is 10.8 Å². The Kier molecular flexibility index (Phi) is 6.58. The minimum Gasteiger partial charge on any atom is -0.208 e. The molecule has 266 valence electrons. The molecule has 0 unspecified atom stereocenters. The summed E-state index contributed by atoms with van der Waals surface area (Å²) in [5.41, 5.74) is 16.9. The summed E-state index contributed by atoms with van der Waals surface area (Å²) in [6.45, 7) is 4.69. The fraction of sp³-hybridized carbons (Fsp3) is 0.250. The lowest BCUT2D eigenvalue weighted by Gasteiger charge is -2.61. The molecule has 0 atom stereocenters. The van der Waals surface area contributed by atoms with Gasteiger partial charge in [-0.05, 0) is 124 Å². The van der Waals surface area contributed by atoms with Crippen LogP contribution < -0.4 is 0 Å². The van der Waals surface area contributed by atoms with Gasteiger partial charge in [-0.15, -0.1) is 0 Å². The second-order valence-corrected chi connectivity index (χ2v) is 17.6. The van der Waals surface area contributed by atoms with E-state index in [0.717, 1.165) is 46.2 Å². The summed E-state index contributed by atoms with van der Waals surface area (Å²) >= 11 is 0. The molecule has 1 spiro atoms. The van der Waals surface area contributed by atoms with Crippen LogP contribution in [0.5, 0.6) is 0 Å². The molecule has 1 aromatic heterocycles. The molecular formula is C52H43N3. The average Bonchev–Trinajstić information content (AvgIpc) is 3.65. The first-order chi connectivity index (χ1) is 27.0. The van der Waals surface area contributed by atoms with Crippen molar-refractivity contribution in [3.05, 3.63) is 162 Å². The zero-order chi connectivity index (χ0) is 36.5. The molecule has 0 N–H and O–H groups in total. The van der Waals surface area contributed by atoms with Crippen LogP contribution in [-0.4, -0.2) is 15.0 Å². The Bertz CT molecular complexity index is 2680. The Morgan fingerprint density at radius 3 is 1.67 bits per heavy atom. The van der Waals surface area contributed by atoms with Crippen LogP contribution in [-0.2, 0) is 10.8 Å². The van der Waals surface area contributed by atoms with Crippen LogP contribution in [0.1, 0.15) is 68.2 Å². The van der Waals surface area contributed by atoms with Crippen LogP contribution in [0, 0.1) is 23.7 Å². The molecule has 0 saturated heterocycles. The lowest BCUT2D eigenvalue weighted by atomic mass is 9.43. The Morgan fingerprint density at radius 1 is 0.400 bits per heavy atom. The van der Waals surface area contributed by atoms with Gasteiger partial charge in [0.15, 0.2) is 17.5 Å². The van der Waals surface area contributed by atoms with Gasteiger partial charge in [-0.2, -0.15) is 0 Å². The van der Waals surface area contributed by atoms with Crippen molar-refractivity contribution in [1.82, 2.24) is 15.0 Å². The molecule has 4 fully saturated rings. The van der Waals surface area contributed by atoms with Crippen LogP contribution in [0.4, 0.5) is 0 Å².